The van der Waals surface area contributed by atoms with Gasteiger partial charge in [0.25, 0.3) is 5.91 Å². The summed E-state index contributed by atoms with van der Waals surface area (Å²) in [4.78, 5) is 17.2. The quantitative estimate of drug-likeness (QED) is 0.599. The first-order valence-electron chi connectivity index (χ1n) is 11.4. The maximum absolute atomic E-state index is 12.5. The Morgan fingerprint density at radius 3 is 2.61 bits per heavy atom. The fraction of sp³-hybridized carbons (Fsp3) is 0.708. The molecule has 1 amide bonds. The Morgan fingerprint density at radius 1 is 1.11 bits per heavy atom. The average Bonchev–Trinajstić information content (AvgIpc) is 2.92. The third-order valence-electron chi connectivity index (χ3n) is 7.02. The van der Waals surface area contributed by atoms with Crippen molar-refractivity contribution in [3.63, 3.8) is 0 Å². The van der Waals surface area contributed by atoms with E-state index in [1.165, 1.54) is 51.4 Å². The summed E-state index contributed by atoms with van der Waals surface area (Å²) in [5.74, 6) is 2.34. The van der Waals surface area contributed by atoms with Crippen LogP contribution in [0.3, 0.4) is 0 Å². The van der Waals surface area contributed by atoms with E-state index in [0.29, 0.717) is 5.92 Å². The van der Waals surface area contributed by atoms with Gasteiger partial charge >= 0.3 is 0 Å². The zero-order valence-electron chi connectivity index (χ0n) is 17.6. The van der Waals surface area contributed by atoms with Crippen molar-refractivity contribution in [3.05, 3.63) is 24.3 Å². The molecule has 3 unspecified atom stereocenters. The molecule has 0 spiro atoms. The van der Waals surface area contributed by atoms with E-state index in [2.05, 4.69) is 18.7 Å². The third kappa shape index (κ3) is 4.22. The number of amides is 1. The summed E-state index contributed by atoms with van der Waals surface area (Å²) in [6.45, 7) is 6.67. The number of carbonyl (C=O) groups is 1. The van der Waals surface area contributed by atoms with Crippen molar-refractivity contribution < 1.29 is 9.53 Å². The zero-order valence-corrected chi connectivity index (χ0v) is 17.6. The average molecular weight is 385 g/mol. The van der Waals surface area contributed by atoms with E-state index in [1.807, 2.05) is 29.2 Å². The summed E-state index contributed by atoms with van der Waals surface area (Å²) in [5.41, 5.74) is 0.934. The molecule has 0 saturated carbocycles. The van der Waals surface area contributed by atoms with Crippen LogP contribution in [0, 0.1) is 11.8 Å². The lowest BCUT2D eigenvalue weighted by atomic mass is 9.86. The van der Waals surface area contributed by atoms with Crippen LogP contribution in [0.25, 0.3) is 0 Å². The van der Waals surface area contributed by atoms with Crippen molar-refractivity contribution in [1.82, 2.24) is 4.90 Å². The van der Waals surface area contributed by atoms with Gasteiger partial charge in [-0.25, -0.2) is 0 Å². The molecular formula is C24H36N2O2. The molecule has 0 N–H and O–H groups in total. The highest BCUT2D eigenvalue weighted by molar-refractivity contribution is 5.97. The number of para-hydroxylation sites is 2. The number of carbonyl (C=O) groups excluding carboxylic acids is 1. The number of unbranched alkanes of at least 4 members (excludes halogenated alkanes) is 2. The Hall–Kier alpha value is -1.55. The summed E-state index contributed by atoms with van der Waals surface area (Å²) < 4.78 is 5.59. The zero-order chi connectivity index (χ0) is 19.5. The smallest absolute Gasteiger partial charge is 0.265 e. The van der Waals surface area contributed by atoms with Gasteiger partial charge in [0.1, 0.15) is 5.75 Å². The predicted molar refractivity (Wildman–Crippen MR) is 114 cm³/mol. The first-order valence-corrected chi connectivity index (χ1v) is 11.4. The molecule has 2 bridgehead atoms. The van der Waals surface area contributed by atoms with Crippen LogP contribution in [0.15, 0.2) is 24.3 Å². The topological polar surface area (TPSA) is 32.8 Å². The molecule has 3 aliphatic rings. The van der Waals surface area contributed by atoms with Crippen LogP contribution >= 0.6 is 0 Å². The minimum atomic E-state index is 0.0863. The van der Waals surface area contributed by atoms with Crippen LogP contribution in [0.4, 0.5) is 5.69 Å². The highest BCUT2D eigenvalue weighted by Gasteiger charge is 2.41. The van der Waals surface area contributed by atoms with Crippen LogP contribution in [-0.4, -0.2) is 42.6 Å². The van der Waals surface area contributed by atoms with Crippen molar-refractivity contribution in [3.8, 4) is 5.75 Å². The largest absolute Gasteiger partial charge is 0.482 e. The molecule has 28 heavy (non-hydrogen) atoms. The summed E-state index contributed by atoms with van der Waals surface area (Å²) in [6.07, 6.45) is 11.1. The molecule has 0 radical (unpaired) electrons. The molecule has 1 aromatic rings. The molecule has 0 aliphatic carbocycles. The second-order valence-corrected chi connectivity index (χ2v) is 9.28. The van der Waals surface area contributed by atoms with Gasteiger partial charge in [-0.15, -0.1) is 0 Å². The minimum absolute atomic E-state index is 0.0863. The van der Waals surface area contributed by atoms with Crippen LogP contribution < -0.4 is 9.64 Å². The lowest BCUT2D eigenvalue weighted by molar-refractivity contribution is -0.121. The van der Waals surface area contributed by atoms with Gasteiger partial charge < -0.3 is 9.64 Å². The van der Waals surface area contributed by atoms with Crippen molar-refractivity contribution in [2.24, 2.45) is 11.8 Å². The van der Waals surface area contributed by atoms with E-state index in [1.54, 1.807) is 0 Å². The number of anilines is 1. The van der Waals surface area contributed by atoms with Crippen LogP contribution in [-0.2, 0) is 4.79 Å². The van der Waals surface area contributed by atoms with Crippen molar-refractivity contribution in [1.29, 1.82) is 0 Å². The Morgan fingerprint density at radius 2 is 1.86 bits per heavy atom. The maximum atomic E-state index is 12.5. The van der Waals surface area contributed by atoms with Crippen LogP contribution in [0.5, 0.6) is 5.75 Å². The molecule has 0 aromatic heterocycles. The van der Waals surface area contributed by atoms with Gasteiger partial charge in [0.15, 0.2) is 6.61 Å². The van der Waals surface area contributed by atoms with Gasteiger partial charge in [0, 0.05) is 25.2 Å². The van der Waals surface area contributed by atoms with E-state index < -0.39 is 0 Å². The van der Waals surface area contributed by atoms with Crippen molar-refractivity contribution in [2.75, 3.05) is 24.6 Å². The first-order chi connectivity index (χ1) is 13.7. The molecule has 4 nitrogen and oxygen atoms in total. The molecular weight excluding hydrogens is 348 g/mol. The molecule has 4 rings (SSSR count). The molecule has 1 aromatic carbocycles. The van der Waals surface area contributed by atoms with E-state index in [-0.39, 0.29) is 12.5 Å². The van der Waals surface area contributed by atoms with Gasteiger partial charge in [0.2, 0.25) is 0 Å². The summed E-state index contributed by atoms with van der Waals surface area (Å²) in [5, 5.41) is 0. The molecule has 2 saturated heterocycles. The number of nitrogens with zero attached hydrogens (tertiary/aromatic N) is 2. The maximum Gasteiger partial charge on any atom is 0.265 e. The van der Waals surface area contributed by atoms with Gasteiger partial charge in [0.05, 0.1) is 5.69 Å². The molecule has 4 heteroatoms. The molecule has 3 atom stereocenters. The monoisotopic (exact) mass is 384 g/mol. The number of hydrogen-bond acceptors (Lipinski definition) is 3. The van der Waals surface area contributed by atoms with E-state index in [9.17, 15) is 4.79 Å². The van der Waals surface area contributed by atoms with Gasteiger partial charge in [-0.05, 0) is 49.7 Å². The fourth-order valence-corrected chi connectivity index (χ4v) is 5.69. The Bertz CT molecular complexity index is 662. The summed E-state index contributed by atoms with van der Waals surface area (Å²) in [7, 11) is 0. The van der Waals surface area contributed by atoms with Crippen molar-refractivity contribution in [2.45, 2.75) is 77.3 Å². The second kappa shape index (κ2) is 8.86. The van der Waals surface area contributed by atoms with Gasteiger partial charge in [-0.3, -0.25) is 9.69 Å². The molecule has 154 valence electrons. The number of hydrogen-bond donors (Lipinski definition) is 0. The number of fused-ring (bicyclic) bond motifs is 3. The molecule has 3 aliphatic heterocycles. The van der Waals surface area contributed by atoms with Gasteiger partial charge in [-0.1, -0.05) is 51.7 Å². The van der Waals surface area contributed by atoms with Gasteiger partial charge in [-0.2, -0.15) is 0 Å². The number of piperidine rings is 1. The highest BCUT2D eigenvalue weighted by Crippen LogP contribution is 2.41. The Balaban J connectivity index is 1.34. The fourth-order valence-electron chi connectivity index (χ4n) is 5.69. The van der Waals surface area contributed by atoms with E-state index >= 15 is 0 Å². The first kappa shape index (κ1) is 19.8. The van der Waals surface area contributed by atoms with Crippen molar-refractivity contribution >= 4 is 11.6 Å². The number of benzene rings is 1. The highest BCUT2D eigenvalue weighted by atomic mass is 16.5. The van der Waals surface area contributed by atoms with E-state index in [0.717, 1.165) is 42.5 Å². The van der Waals surface area contributed by atoms with E-state index in [4.69, 9.17) is 4.74 Å². The number of rotatable bonds is 8. The van der Waals surface area contributed by atoms with Crippen LogP contribution in [0.1, 0.15) is 65.2 Å². The molecule has 2 fully saturated rings. The normalized spacial score (nSPS) is 28.1. The summed E-state index contributed by atoms with van der Waals surface area (Å²) in [6, 6.07) is 9.48. The Kier molecular flexibility index (Phi) is 6.25. The second-order valence-electron chi connectivity index (χ2n) is 9.28. The lowest BCUT2D eigenvalue weighted by Gasteiger charge is -2.41. The number of ether oxygens (including phenoxy) is 1. The van der Waals surface area contributed by atoms with Crippen LogP contribution in [0.2, 0.25) is 0 Å². The lowest BCUT2D eigenvalue weighted by Crippen LogP contribution is -2.48. The standard InChI is InChI=1S/C24H36N2O2/c1-3-4-5-8-19-13-20-11-12-21(14-19)25(20)15-18(2)16-26-22-9-6-7-10-23(22)28-17-24(26)27/h6-7,9-10,18-21H,3-5,8,11-17H2,1-2H3. The summed E-state index contributed by atoms with van der Waals surface area (Å²) >= 11 is 0. The third-order valence-corrected chi connectivity index (χ3v) is 7.02. The predicted octanol–water partition coefficient (Wildman–Crippen LogP) is 4.87. The SMILES string of the molecule is CCCCCC1CC2CCC(C1)N2CC(C)CN1C(=O)COc2ccccc21. The minimum Gasteiger partial charge on any atom is -0.482 e. The molecule has 3 heterocycles. The Labute approximate surface area is 170 Å².